The van der Waals surface area contributed by atoms with Gasteiger partial charge >= 0.3 is 5.97 Å². The van der Waals surface area contributed by atoms with Gasteiger partial charge in [0.25, 0.3) is 0 Å². The highest BCUT2D eigenvalue weighted by molar-refractivity contribution is 6.74. The molecular weight excluding hydrogens is 344 g/mol. The monoisotopic (exact) mass is 386 g/mol. The van der Waals surface area contributed by atoms with Crippen molar-refractivity contribution in [3.8, 4) is 0 Å². The van der Waals surface area contributed by atoms with E-state index in [1.165, 1.54) is 7.11 Å². The van der Waals surface area contributed by atoms with Crippen LogP contribution in [0.4, 0.5) is 0 Å². The molecule has 0 fully saturated rings. The smallest absolute Gasteiger partial charge is 0.333 e. The van der Waals surface area contributed by atoms with E-state index in [2.05, 4.69) is 54.6 Å². The zero-order valence-electron chi connectivity index (χ0n) is 18.7. The fourth-order valence-corrected chi connectivity index (χ4v) is 4.33. The van der Waals surface area contributed by atoms with E-state index < -0.39 is 14.4 Å². The van der Waals surface area contributed by atoms with Crippen molar-refractivity contribution in [2.24, 2.45) is 11.8 Å². The maximum absolute atomic E-state index is 11.5. The largest absolute Gasteiger partial charge is 0.466 e. The average Bonchev–Trinajstić information content (AvgIpc) is 2.54. The molecule has 0 amide bonds. The van der Waals surface area contributed by atoms with Crippen LogP contribution in [0.5, 0.6) is 0 Å². The molecule has 154 valence electrons. The Kier molecular flexibility index (Phi) is 10.4. The number of methoxy groups -OCH3 is 1. The number of aliphatic hydroxyl groups excluding tert-OH is 1. The second-order valence-corrected chi connectivity index (χ2v) is 13.9. The maximum Gasteiger partial charge on any atom is 0.333 e. The van der Waals surface area contributed by atoms with Crippen molar-refractivity contribution in [1.82, 2.24) is 0 Å². The van der Waals surface area contributed by atoms with E-state index in [1.807, 2.05) is 0 Å². The Bertz CT molecular complexity index is 465. The van der Waals surface area contributed by atoms with E-state index >= 15 is 0 Å². The zero-order valence-corrected chi connectivity index (χ0v) is 19.7. The fourth-order valence-electron chi connectivity index (χ4n) is 2.85. The molecule has 0 saturated heterocycles. The number of rotatable bonds is 10. The molecule has 0 bridgehead atoms. The van der Waals surface area contributed by atoms with Gasteiger partial charge in [-0.05, 0) is 43.8 Å². The lowest BCUT2D eigenvalue weighted by atomic mass is 9.86. The van der Waals surface area contributed by atoms with Crippen LogP contribution in [0.25, 0.3) is 0 Å². The molecular formula is C21H42O4Si. The molecule has 0 spiro atoms. The van der Waals surface area contributed by atoms with Crippen molar-refractivity contribution in [3.05, 3.63) is 11.6 Å². The van der Waals surface area contributed by atoms with Crippen LogP contribution in [0.3, 0.4) is 0 Å². The second kappa shape index (κ2) is 10.6. The van der Waals surface area contributed by atoms with Gasteiger partial charge in [0, 0.05) is 11.5 Å². The minimum atomic E-state index is -1.94. The lowest BCUT2D eigenvalue weighted by molar-refractivity contribution is -0.136. The van der Waals surface area contributed by atoms with Crippen molar-refractivity contribution in [2.75, 3.05) is 7.11 Å². The number of carbonyl (C=O) groups excluding carboxylic acids is 1. The van der Waals surface area contributed by atoms with Crippen LogP contribution >= 0.6 is 0 Å². The number of carbonyl (C=O) groups is 1. The topological polar surface area (TPSA) is 55.8 Å². The predicted molar refractivity (Wildman–Crippen MR) is 112 cm³/mol. The fraction of sp³-hybridized carbons (Fsp3) is 0.857. The SMILES string of the molecule is CCC[C@H](C)[C@@H](O[Si](C)(C)C(C)(C)C)[C@@H](C)[C@@H](O)C/C=C(\C)C(=O)OC. The Morgan fingerprint density at radius 3 is 2.19 bits per heavy atom. The summed E-state index contributed by atoms with van der Waals surface area (Å²) in [5.74, 6) is 0.0232. The Labute approximate surface area is 162 Å². The van der Waals surface area contributed by atoms with Gasteiger partial charge in [-0.2, -0.15) is 0 Å². The third-order valence-corrected chi connectivity index (χ3v) is 10.3. The third-order valence-electron chi connectivity index (χ3n) is 5.84. The third kappa shape index (κ3) is 7.53. The molecule has 0 unspecified atom stereocenters. The van der Waals surface area contributed by atoms with Crippen LogP contribution in [0, 0.1) is 11.8 Å². The van der Waals surface area contributed by atoms with Gasteiger partial charge in [0.15, 0.2) is 8.32 Å². The molecule has 0 saturated carbocycles. The zero-order chi connectivity index (χ0) is 20.7. The van der Waals surface area contributed by atoms with Crippen molar-refractivity contribution < 1.29 is 19.1 Å². The van der Waals surface area contributed by atoms with Crippen LogP contribution in [-0.2, 0) is 14.0 Å². The summed E-state index contributed by atoms with van der Waals surface area (Å²) < 4.78 is 11.5. The molecule has 1 N–H and O–H groups in total. The molecule has 0 radical (unpaired) electrons. The van der Waals surface area contributed by atoms with E-state index in [4.69, 9.17) is 9.16 Å². The van der Waals surface area contributed by atoms with Gasteiger partial charge in [0.2, 0.25) is 0 Å². The van der Waals surface area contributed by atoms with Gasteiger partial charge in [-0.3, -0.25) is 0 Å². The van der Waals surface area contributed by atoms with Gasteiger partial charge in [-0.15, -0.1) is 0 Å². The molecule has 0 aromatic rings. The van der Waals surface area contributed by atoms with E-state index in [0.717, 1.165) is 12.8 Å². The Morgan fingerprint density at radius 2 is 1.77 bits per heavy atom. The summed E-state index contributed by atoms with van der Waals surface area (Å²) in [7, 11) is -0.568. The molecule has 5 heteroatoms. The maximum atomic E-state index is 11.5. The molecule has 0 aromatic heterocycles. The minimum absolute atomic E-state index is 0.00706. The number of hydrogen-bond acceptors (Lipinski definition) is 4. The number of hydrogen-bond donors (Lipinski definition) is 1. The highest BCUT2D eigenvalue weighted by Gasteiger charge is 2.42. The Hall–Kier alpha value is -0.653. The molecule has 0 aliphatic rings. The van der Waals surface area contributed by atoms with Gasteiger partial charge in [-0.1, -0.05) is 54.0 Å². The van der Waals surface area contributed by atoms with Gasteiger partial charge < -0.3 is 14.3 Å². The molecule has 0 aliphatic heterocycles. The average molecular weight is 387 g/mol. The number of aliphatic hydroxyl groups is 1. The quantitative estimate of drug-likeness (QED) is 0.314. The molecule has 4 nitrogen and oxygen atoms in total. The molecule has 0 heterocycles. The summed E-state index contributed by atoms with van der Waals surface area (Å²) in [4.78, 5) is 11.5. The summed E-state index contributed by atoms with van der Waals surface area (Å²) >= 11 is 0. The lowest BCUT2D eigenvalue weighted by Gasteiger charge is -2.43. The first kappa shape index (κ1) is 25.3. The molecule has 26 heavy (non-hydrogen) atoms. The van der Waals surface area contributed by atoms with E-state index in [9.17, 15) is 9.90 Å². The summed E-state index contributed by atoms with van der Waals surface area (Å²) in [6.07, 6.45) is 3.83. The molecule has 0 rings (SSSR count). The van der Waals surface area contributed by atoms with E-state index in [1.54, 1.807) is 13.0 Å². The van der Waals surface area contributed by atoms with Crippen molar-refractivity contribution in [1.29, 1.82) is 0 Å². The molecule has 0 aliphatic carbocycles. The van der Waals surface area contributed by atoms with Crippen LogP contribution in [0.1, 0.15) is 67.7 Å². The first-order chi connectivity index (χ1) is 11.8. The van der Waals surface area contributed by atoms with Gasteiger partial charge in [0.1, 0.15) is 0 Å². The van der Waals surface area contributed by atoms with E-state index in [0.29, 0.717) is 17.9 Å². The van der Waals surface area contributed by atoms with Crippen molar-refractivity contribution in [3.63, 3.8) is 0 Å². The summed E-state index contributed by atoms with van der Waals surface area (Å²) in [6, 6.07) is 0. The van der Waals surface area contributed by atoms with Crippen LogP contribution in [0.2, 0.25) is 18.1 Å². The number of ether oxygens (including phenoxy) is 1. The van der Waals surface area contributed by atoms with E-state index in [-0.39, 0.29) is 23.0 Å². The van der Waals surface area contributed by atoms with Crippen LogP contribution in [-0.4, -0.2) is 38.7 Å². The predicted octanol–water partition coefficient (Wildman–Crippen LogP) is 5.32. The first-order valence-corrected chi connectivity index (χ1v) is 12.8. The molecule has 0 aromatic carbocycles. The molecule has 4 atom stereocenters. The van der Waals surface area contributed by atoms with Crippen molar-refractivity contribution in [2.45, 2.75) is 98.1 Å². The summed E-state index contributed by atoms with van der Waals surface area (Å²) in [5.41, 5.74) is 0.530. The summed E-state index contributed by atoms with van der Waals surface area (Å²) in [6.45, 7) is 19.4. The number of esters is 1. The first-order valence-electron chi connectivity index (χ1n) is 9.89. The summed E-state index contributed by atoms with van der Waals surface area (Å²) in [5, 5.41) is 10.9. The second-order valence-electron chi connectivity index (χ2n) is 9.15. The Balaban J connectivity index is 5.33. The highest BCUT2D eigenvalue weighted by atomic mass is 28.4. The standard InChI is InChI=1S/C21H42O4Si/c1-11-12-15(2)19(25-26(9,10)21(5,6)7)17(4)18(22)14-13-16(3)20(23)24-8/h13,15,17-19,22H,11-12,14H2,1-10H3/b16-13+/t15-,17-,18-,19+/m0/s1. The van der Waals surface area contributed by atoms with Gasteiger partial charge in [-0.25, -0.2) is 4.79 Å². The Morgan fingerprint density at radius 1 is 1.23 bits per heavy atom. The van der Waals surface area contributed by atoms with Crippen LogP contribution < -0.4 is 0 Å². The van der Waals surface area contributed by atoms with Crippen LogP contribution in [0.15, 0.2) is 11.6 Å². The normalized spacial score (nSPS) is 18.2. The van der Waals surface area contributed by atoms with Gasteiger partial charge in [0.05, 0.1) is 19.3 Å². The lowest BCUT2D eigenvalue weighted by Crippen LogP contribution is -2.49. The van der Waals surface area contributed by atoms with Crippen molar-refractivity contribution >= 4 is 14.3 Å². The highest BCUT2D eigenvalue weighted by Crippen LogP contribution is 2.40. The minimum Gasteiger partial charge on any atom is -0.466 e.